The molecule has 0 saturated heterocycles. The molecule has 2 amide bonds. The molecular formula is C25H20N2O4. The highest BCUT2D eigenvalue weighted by atomic mass is 16.5. The monoisotopic (exact) mass is 412 g/mol. The van der Waals surface area contributed by atoms with Crippen molar-refractivity contribution in [3.8, 4) is 0 Å². The maximum atomic E-state index is 13.0. The van der Waals surface area contributed by atoms with E-state index in [9.17, 15) is 14.4 Å². The lowest BCUT2D eigenvalue weighted by atomic mass is 9.97. The lowest BCUT2D eigenvalue weighted by molar-refractivity contribution is -0.119. The number of ether oxygens (including phenoxy) is 1. The van der Waals surface area contributed by atoms with E-state index in [-0.39, 0.29) is 5.91 Å². The van der Waals surface area contributed by atoms with Crippen LogP contribution in [0, 0.1) is 0 Å². The van der Waals surface area contributed by atoms with Gasteiger partial charge in [0.25, 0.3) is 5.91 Å². The van der Waals surface area contributed by atoms with Crippen LogP contribution in [0.15, 0.2) is 78.9 Å². The molecule has 31 heavy (non-hydrogen) atoms. The molecule has 0 saturated carbocycles. The second kappa shape index (κ2) is 8.67. The number of hydrogen-bond acceptors (Lipinski definition) is 4. The van der Waals surface area contributed by atoms with E-state index in [4.69, 9.17) is 4.74 Å². The van der Waals surface area contributed by atoms with Gasteiger partial charge in [-0.25, -0.2) is 4.79 Å². The van der Waals surface area contributed by atoms with Crippen molar-refractivity contribution < 1.29 is 19.1 Å². The minimum atomic E-state index is -0.560. The second-order valence-corrected chi connectivity index (χ2v) is 7.08. The molecule has 154 valence electrons. The molecule has 0 atom stereocenters. The third-order valence-electron chi connectivity index (χ3n) is 4.78. The van der Waals surface area contributed by atoms with Crippen molar-refractivity contribution in [1.29, 1.82) is 0 Å². The third kappa shape index (κ3) is 4.53. The van der Waals surface area contributed by atoms with Crippen LogP contribution in [0.2, 0.25) is 0 Å². The van der Waals surface area contributed by atoms with Crippen LogP contribution in [-0.2, 0) is 14.3 Å². The fourth-order valence-corrected chi connectivity index (χ4v) is 3.51. The first-order valence-corrected chi connectivity index (χ1v) is 9.76. The van der Waals surface area contributed by atoms with Gasteiger partial charge in [-0.15, -0.1) is 0 Å². The SMILES string of the molecule is CC(=O)Nc1cccc(NC(=O)COC(=O)c2c3ccccc3cc3ccccc23)c1. The molecular weight excluding hydrogens is 392 g/mol. The Balaban J connectivity index is 1.52. The fraction of sp³-hybridized carbons (Fsp3) is 0.0800. The molecule has 0 aliphatic carbocycles. The first-order valence-electron chi connectivity index (χ1n) is 9.76. The van der Waals surface area contributed by atoms with Gasteiger partial charge < -0.3 is 15.4 Å². The Kier molecular flexibility index (Phi) is 5.62. The summed E-state index contributed by atoms with van der Waals surface area (Å²) in [7, 11) is 0. The molecule has 0 unspecified atom stereocenters. The Hall–Kier alpha value is -4.19. The van der Waals surface area contributed by atoms with Gasteiger partial charge in [-0.3, -0.25) is 9.59 Å². The molecule has 0 heterocycles. The predicted octanol–water partition coefficient (Wildman–Crippen LogP) is 4.75. The summed E-state index contributed by atoms with van der Waals surface area (Å²) in [5.74, 6) is -1.24. The van der Waals surface area contributed by atoms with Gasteiger partial charge in [0.2, 0.25) is 5.91 Å². The van der Waals surface area contributed by atoms with Crippen LogP contribution in [0.3, 0.4) is 0 Å². The molecule has 0 aliphatic rings. The first kappa shape index (κ1) is 20.1. The minimum Gasteiger partial charge on any atom is -0.452 e. The zero-order valence-corrected chi connectivity index (χ0v) is 16.8. The summed E-state index contributed by atoms with van der Waals surface area (Å²) < 4.78 is 5.35. The molecule has 0 aliphatic heterocycles. The minimum absolute atomic E-state index is 0.209. The maximum Gasteiger partial charge on any atom is 0.339 e. The number of carbonyl (C=O) groups is 3. The Morgan fingerprint density at radius 3 is 1.94 bits per heavy atom. The average molecular weight is 412 g/mol. The van der Waals surface area contributed by atoms with E-state index in [0.29, 0.717) is 16.9 Å². The van der Waals surface area contributed by atoms with Gasteiger partial charge in [0.15, 0.2) is 6.61 Å². The molecule has 0 fully saturated rings. The number of benzene rings is 4. The van der Waals surface area contributed by atoms with E-state index in [2.05, 4.69) is 10.6 Å². The lowest BCUT2D eigenvalue weighted by Crippen LogP contribution is -2.21. The zero-order valence-electron chi connectivity index (χ0n) is 16.8. The van der Waals surface area contributed by atoms with Crippen LogP contribution < -0.4 is 10.6 Å². The Labute approximate surface area is 178 Å². The third-order valence-corrected chi connectivity index (χ3v) is 4.78. The number of esters is 1. The number of fused-ring (bicyclic) bond motifs is 2. The zero-order chi connectivity index (χ0) is 21.8. The Bertz CT molecular complexity index is 1260. The molecule has 0 spiro atoms. The summed E-state index contributed by atoms with van der Waals surface area (Å²) in [5, 5.41) is 8.71. The summed E-state index contributed by atoms with van der Waals surface area (Å²) in [6, 6.07) is 23.9. The van der Waals surface area contributed by atoms with Crippen molar-refractivity contribution in [3.05, 3.63) is 84.4 Å². The van der Waals surface area contributed by atoms with Crippen molar-refractivity contribution in [2.75, 3.05) is 17.2 Å². The summed E-state index contributed by atoms with van der Waals surface area (Å²) in [4.78, 5) is 36.5. The van der Waals surface area contributed by atoms with Gasteiger partial charge in [-0.05, 0) is 45.8 Å². The highest BCUT2D eigenvalue weighted by molar-refractivity contribution is 6.16. The van der Waals surface area contributed by atoms with Gasteiger partial charge in [0, 0.05) is 18.3 Å². The number of rotatable bonds is 5. The molecule has 4 aromatic rings. The van der Waals surface area contributed by atoms with E-state index < -0.39 is 18.5 Å². The van der Waals surface area contributed by atoms with Crippen molar-refractivity contribution in [2.24, 2.45) is 0 Å². The van der Waals surface area contributed by atoms with Crippen LogP contribution in [0.25, 0.3) is 21.5 Å². The van der Waals surface area contributed by atoms with Crippen LogP contribution in [0.1, 0.15) is 17.3 Å². The first-order chi connectivity index (χ1) is 15.0. The summed E-state index contributed by atoms with van der Waals surface area (Å²) >= 11 is 0. The standard InChI is InChI=1S/C25H20N2O4/c1-16(28)26-19-9-6-10-20(14-19)27-23(29)15-31-25(30)24-21-11-4-2-7-17(21)13-18-8-3-5-12-22(18)24/h2-14H,15H2,1H3,(H,26,28)(H,27,29). The van der Waals surface area contributed by atoms with Gasteiger partial charge in [0.05, 0.1) is 5.56 Å². The van der Waals surface area contributed by atoms with E-state index >= 15 is 0 Å². The van der Waals surface area contributed by atoms with E-state index in [0.717, 1.165) is 21.5 Å². The molecule has 6 heteroatoms. The Morgan fingerprint density at radius 1 is 0.742 bits per heavy atom. The van der Waals surface area contributed by atoms with E-state index in [1.807, 2.05) is 54.6 Å². The smallest absolute Gasteiger partial charge is 0.339 e. The summed E-state index contributed by atoms with van der Waals surface area (Å²) in [6.45, 7) is 0.975. The number of hydrogen-bond donors (Lipinski definition) is 2. The highest BCUT2D eigenvalue weighted by Crippen LogP contribution is 2.29. The largest absolute Gasteiger partial charge is 0.452 e. The topological polar surface area (TPSA) is 84.5 Å². The number of carbonyl (C=O) groups excluding carboxylic acids is 3. The van der Waals surface area contributed by atoms with Crippen LogP contribution in [0.5, 0.6) is 0 Å². The molecule has 6 nitrogen and oxygen atoms in total. The maximum absolute atomic E-state index is 13.0. The quantitative estimate of drug-likeness (QED) is 0.366. The molecule has 0 radical (unpaired) electrons. The summed E-state index contributed by atoms with van der Waals surface area (Å²) in [6.07, 6.45) is 0. The van der Waals surface area contributed by atoms with Crippen molar-refractivity contribution in [1.82, 2.24) is 0 Å². The van der Waals surface area contributed by atoms with Crippen LogP contribution in [0.4, 0.5) is 11.4 Å². The second-order valence-electron chi connectivity index (χ2n) is 7.08. The van der Waals surface area contributed by atoms with Crippen molar-refractivity contribution in [2.45, 2.75) is 6.92 Å². The molecule has 0 aromatic heterocycles. The Morgan fingerprint density at radius 2 is 1.32 bits per heavy atom. The van der Waals surface area contributed by atoms with Gasteiger partial charge in [0.1, 0.15) is 0 Å². The average Bonchev–Trinajstić information content (AvgIpc) is 2.75. The molecule has 0 bridgehead atoms. The van der Waals surface area contributed by atoms with Crippen LogP contribution >= 0.6 is 0 Å². The highest BCUT2D eigenvalue weighted by Gasteiger charge is 2.17. The van der Waals surface area contributed by atoms with Crippen molar-refractivity contribution >= 4 is 50.7 Å². The van der Waals surface area contributed by atoms with Gasteiger partial charge >= 0.3 is 5.97 Å². The number of anilines is 2. The van der Waals surface area contributed by atoms with E-state index in [1.54, 1.807) is 24.3 Å². The molecule has 4 rings (SSSR count). The normalized spacial score (nSPS) is 10.6. The van der Waals surface area contributed by atoms with Crippen LogP contribution in [-0.4, -0.2) is 24.4 Å². The van der Waals surface area contributed by atoms with Crippen molar-refractivity contribution in [3.63, 3.8) is 0 Å². The summed E-state index contributed by atoms with van der Waals surface area (Å²) in [5.41, 5.74) is 1.49. The number of nitrogens with one attached hydrogen (secondary N) is 2. The molecule has 2 N–H and O–H groups in total. The van der Waals surface area contributed by atoms with E-state index in [1.165, 1.54) is 6.92 Å². The lowest BCUT2D eigenvalue weighted by Gasteiger charge is -2.12. The fourth-order valence-electron chi connectivity index (χ4n) is 3.51. The predicted molar refractivity (Wildman–Crippen MR) is 121 cm³/mol. The molecule has 4 aromatic carbocycles. The van der Waals surface area contributed by atoms with Gasteiger partial charge in [-0.2, -0.15) is 0 Å². The number of amides is 2. The van der Waals surface area contributed by atoms with Gasteiger partial charge in [-0.1, -0.05) is 54.6 Å².